The second-order valence-electron chi connectivity index (χ2n) is 7.57. The molecule has 2 aromatic heterocycles. The Balaban J connectivity index is 1.41. The summed E-state index contributed by atoms with van der Waals surface area (Å²) in [5, 5.41) is 8.06. The average molecular weight is 412 g/mol. The highest BCUT2D eigenvalue weighted by Crippen LogP contribution is 2.26. The third kappa shape index (κ3) is 4.48. The van der Waals surface area contributed by atoms with Gasteiger partial charge in [-0.05, 0) is 37.2 Å². The highest BCUT2D eigenvalue weighted by Gasteiger charge is 2.21. The maximum Gasteiger partial charge on any atom is 0.288 e. The largest absolute Gasteiger partial charge is 0.352 e. The van der Waals surface area contributed by atoms with Gasteiger partial charge in [0.15, 0.2) is 0 Å². The van der Waals surface area contributed by atoms with Crippen LogP contribution in [0.1, 0.15) is 42.1 Å². The molecule has 0 spiro atoms. The van der Waals surface area contributed by atoms with Gasteiger partial charge < -0.3 is 10.2 Å². The van der Waals surface area contributed by atoms with Crippen LogP contribution in [0.5, 0.6) is 0 Å². The molecule has 7 nitrogen and oxygen atoms in total. The SMILES string of the molecule is CC1CCN(c2nn3c(=O)c(C(=O)NCCCc4ccccc4)cnc3s2)CC1. The molecule has 0 bridgehead atoms. The van der Waals surface area contributed by atoms with Crippen molar-refractivity contribution in [3.05, 3.63) is 58.0 Å². The number of piperidine rings is 1. The molecule has 0 aliphatic carbocycles. The van der Waals surface area contributed by atoms with E-state index < -0.39 is 11.5 Å². The first-order valence-electron chi connectivity index (χ1n) is 10.1. The van der Waals surface area contributed by atoms with Crippen molar-refractivity contribution in [3.8, 4) is 0 Å². The van der Waals surface area contributed by atoms with Crippen LogP contribution in [0.15, 0.2) is 41.3 Å². The summed E-state index contributed by atoms with van der Waals surface area (Å²) in [6, 6.07) is 10.1. The van der Waals surface area contributed by atoms with E-state index in [-0.39, 0.29) is 5.56 Å². The summed E-state index contributed by atoms with van der Waals surface area (Å²) < 4.78 is 1.26. The number of benzene rings is 1. The molecule has 1 aliphatic heterocycles. The van der Waals surface area contributed by atoms with Crippen molar-refractivity contribution in [1.29, 1.82) is 0 Å². The Labute approximate surface area is 173 Å². The lowest BCUT2D eigenvalue weighted by molar-refractivity contribution is 0.0951. The van der Waals surface area contributed by atoms with Crippen LogP contribution < -0.4 is 15.8 Å². The third-order valence-corrected chi connectivity index (χ3v) is 6.33. The molecule has 8 heteroatoms. The van der Waals surface area contributed by atoms with Crippen molar-refractivity contribution >= 4 is 27.3 Å². The van der Waals surface area contributed by atoms with Crippen LogP contribution in [-0.2, 0) is 6.42 Å². The third-order valence-electron chi connectivity index (χ3n) is 5.35. The zero-order valence-electron chi connectivity index (χ0n) is 16.5. The first-order valence-corrected chi connectivity index (χ1v) is 10.9. The molecule has 1 N–H and O–H groups in total. The number of amides is 1. The quantitative estimate of drug-likeness (QED) is 0.631. The average Bonchev–Trinajstić information content (AvgIpc) is 3.18. The summed E-state index contributed by atoms with van der Waals surface area (Å²) in [4.78, 5) is 32.2. The Kier molecular flexibility index (Phi) is 5.89. The van der Waals surface area contributed by atoms with Crippen LogP contribution in [-0.4, -0.2) is 40.1 Å². The van der Waals surface area contributed by atoms with Gasteiger partial charge in [-0.25, -0.2) is 4.98 Å². The Hall–Kier alpha value is -2.74. The predicted molar refractivity (Wildman–Crippen MR) is 115 cm³/mol. The fourth-order valence-corrected chi connectivity index (χ4v) is 4.41. The van der Waals surface area contributed by atoms with E-state index in [1.807, 2.05) is 18.2 Å². The number of carbonyl (C=O) groups is 1. The van der Waals surface area contributed by atoms with Crippen LogP contribution in [0, 0.1) is 5.92 Å². The van der Waals surface area contributed by atoms with Crippen molar-refractivity contribution in [3.63, 3.8) is 0 Å². The van der Waals surface area contributed by atoms with Gasteiger partial charge >= 0.3 is 0 Å². The van der Waals surface area contributed by atoms with Crippen LogP contribution >= 0.6 is 11.3 Å². The van der Waals surface area contributed by atoms with E-state index in [9.17, 15) is 9.59 Å². The molecule has 0 unspecified atom stereocenters. The minimum absolute atomic E-state index is 0.0336. The van der Waals surface area contributed by atoms with Gasteiger partial charge in [0.1, 0.15) is 5.56 Å². The highest BCUT2D eigenvalue weighted by molar-refractivity contribution is 7.20. The Morgan fingerprint density at radius 1 is 1.24 bits per heavy atom. The maximum absolute atomic E-state index is 12.8. The monoisotopic (exact) mass is 411 g/mol. The smallest absolute Gasteiger partial charge is 0.288 e. The first-order chi connectivity index (χ1) is 14.1. The molecule has 1 aliphatic rings. The summed E-state index contributed by atoms with van der Waals surface area (Å²) in [5.41, 5.74) is 0.849. The lowest BCUT2D eigenvalue weighted by Crippen LogP contribution is -2.34. The molecular formula is C21H25N5O2S. The highest BCUT2D eigenvalue weighted by atomic mass is 32.1. The summed E-state index contributed by atoms with van der Waals surface area (Å²) in [6.45, 7) is 4.63. The topological polar surface area (TPSA) is 79.6 Å². The summed E-state index contributed by atoms with van der Waals surface area (Å²) in [6.07, 6.45) is 5.29. The fraction of sp³-hybridized carbons (Fsp3) is 0.429. The van der Waals surface area contributed by atoms with Crippen molar-refractivity contribution in [2.75, 3.05) is 24.5 Å². The molecule has 1 fully saturated rings. The number of nitrogens with one attached hydrogen (secondary N) is 1. The fourth-order valence-electron chi connectivity index (χ4n) is 3.49. The first kappa shape index (κ1) is 19.6. The lowest BCUT2D eigenvalue weighted by atomic mass is 10.00. The van der Waals surface area contributed by atoms with Gasteiger partial charge in [-0.15, -0.1) is 5.10 Å². The van der Waals surface area contributed by atoms with Gasteiger partial charge in [0.05, 0.1) is 0 Å². The number of carbonyl (C=O) groups excluding carboxylic acids is 1. The molecule has 152 valence electrons. The number of hydrogen-bond donors (Lipinski definition) is 1. The molecule has 4 rings (SSSR count). The van der Waals surface area contributed by atoms with E-state index in [2.05, 4.69) is 39.4 Å². The maximum atomic E-state index is 12.8. The van der Waals surface area contributed by atoms with Crippen molar-refractivity contribution in [2.24, 2.45) is 5.92 Å². The van der Waals surface area contributed by atoms with E-state index >= 15 is 0 Å². The molecule has 29 heavy (non-hydrogen) atoms. The number of hydrogen-bond acceptors (Lipinski definition) is 6. The van der Waals surface area contributed by atoms with E-state index in [0.717, 1.165) is 49.8 Å². The molecule has 1 amide bonds. The second kappa shape index (κ2) is 8.73. The van der Waals surface area contributed by atoms with Gasteiger partial charge in [-0.2, -0.15) is 4.52 Å². The van der Waals surface area contributed by atoms with E-state index in [1.165, 1.54) is 27.6 Å². The summed E-state index contributed by atoms with van der Waals surface area (Å²) in [5.74, 6) is 0.324. The van der Waals surface area contributed by atoms with Gasteiger partial charge in [0.25, 0.3) is 11.5 Å². The van der Waals surface area contributed by atoms with Gasteiger partial charge in [-0.1, -0.05) is 48.6 Å². The standard InChI is InChI=1S/C21H25N5O2S/c1-15-9-12-25(13-10-15)21-24-26-19(28)17(14-23-20(26)29-21)18(27)22-11-5-8-16-6-3-2-4-7-16/h2-4,6-7,14-15H,5,8-13H2,1H3,(H,22,27). The van der Waals surface area contributed by atoms with Crippen LogP contribution in [0.3, 0.4) is 0 Å². The number of rotatable bonds is 6. The number of aromatic nitrogens is 3. The molecule has 0 atom stereocenters. The lowest BCUT2D eigenvalue weighted by Gasteiger charge is -2.29. The van der Waals surface area contributed by atoms with Gasteiger partial charge in [-0.3, -0.25) is 9.59 Å². The van der Waals surface area contributed by atoms with E-state index in [4.69, 9.17) is 0 Å². The number of fused-ring (bicyclic) bond motifs is 1. The molecule has 1 aromatic carbocycles. The Morgan fingerprint density at radius 2 is 2.00 bits per heavy atom. The van der Waals surface area contributed by atoms with Crippen LogP contribution in [0.2, 0.25) is 0 Å². The summed E-state index contributed by atoms with van der Waals surface area (Å²) in [7, 11) is 0. The number of nitrogens with zero attached hydrogens (tertiary/aromatic N) is 4. The zero-order valence-corrected chi connectivity index (χ0v) is 17.3. The summed E-state index contributed by atoms with van der Waals surface area (Å²) >= 11 is 1.39. The van der Waals surface area contributed by atoms with Crippen LogP contribution in [0.4, 0.5) is 5.13 Å². The van der Waals surface area contributed by atoms with Crippen LogP contribution in [0.25, 0.3) is 4.96 Å². The predicted octanol–water partition coefficient (Wildman–Crippen LogP) is 2.75. The minimum atomic E-state index is -0.413. The Bertz CT molecular complexity index is 1040. The Morgan fingerprint density at radius 3 is 2.76 bits per heavy atom. The normalized spacial score (nSPS) is 15.0. The molecular weight excluding hydrogens is 386 g/mol. The van der Waals surface area contributed by atoms with E-state index in [1.54, 1.807) is 0 Å². The van der Waals surface area contributed by atoms with E-state index in [0.29, 0.717) is 11.5 Å². The molecule has 1 saturated heterocycles. The van der Waals surface area contributed by atoms with Crippen molar-refractivity contribution in [2.45, 2.75) is 32.6 Å². The molecule has 3 heterocycles. The molecule has 0 saturated carbocycles. The van der Waals surface area contributed by atoms with Crippen molar-refractivity contribution < 1.29 is 4.79 Å². The number of anilines is 1. The van der Waals surface area contributed by atoms with Gasteiger partial charge in [0, 0.05) is 25.8 Å². The second-order valence-corrected chi connectivity index (χ2v) is 8.51. The molecule has 0 radical (unpaired) electrons. The van der Waals surface area contributed by atoms with Gasteiger partial charge in [0.2, 0.25) is 10.1 Å². The minimum Gasteiger partial charge on any atom is -0.352 e. The van der Waals surface area contributed by atoms with Crippen molar-refractivity contribution in [1.82, 2.24) is 19.9 Å². The number of aryl methyl sites for hydroxylation is 1. The molecule has 3 aromatic rings. The zero-order chi connectivity index (χ0) is 20.2.